The van der Waals surface area contributed by atoms with E-state index in [-0.39, 0.29) is 58.8 Å². The van der Waals surface area contributed by atoms with Gasteiger partial charge in [-0.2, -0.15) is 0 Å². The second-order valence-corrected chi connectivity index (χ2v) is 15.0. The van der Waals surface area contributed by atoms with Crippen LogP contribution in [0.25, 0.3) is 55.3 Å². The highest BCUT2D eigenvalue weighted by molar-refractivity contribution is 5.98. The molecule has 0 radical (unpaired) electrons. The van der Waals surface area contributed by atoms with Crippen molar-refractivity contribution in [1.29, 1.82) is 0 Å². The van der Waals surface area contributed by atoms with E-state index in [4.69, 9.17) is 0 Å². The van der Waals surface area contributed by atoms with E-state index in [0.717, 1.165) is 55.3 Å². The Morgan fingerprint density at radius 2 is 0.917 bits per heavy atom. The number of hydrogen-bond donors (Lipinski definition) is 0. The molecule has 0 saturated carbocycles. The second kappa shape index (κ2) is 14.9. The van der Waals surface area contributed by atoms with Crippen molar-refractivity contribution in [3.05, 3.63) is 271 Å². The molecule has 60 heavy (non-hydrogen) atoms. The van der Waals surface area contributed by atoms with E-state index in [0.29, 0.717) is 16.8 Å². The van der Waals surface area contributed by atoms with Gasteiger partial charge >= 0.3 is 0 Å². The lowest BCUT2D eigenvalue weighted by atomic mass is 9.67. The van der Waals surface area contributed by atoms with Crippen LogP contribution in [-0.4, -0.2) is 0 Å². The summed E-state index contributed by atoms with van der Waals surface area (Å²) in [5.74, 6) is 0. The van der Waals surface area contributed by atoms with Crippen LogP contribution in [0.4, 0.5) is 17.1 Å². The third kappa shape index (κ3) is 5.94. The Labute approximate surface area is 363 Å². The quantitative estimate of drug-likeness (QED) is 0.149. The first-order valence-electron chi connectivity index (χ1n) is 24.1. The van der Waals surface area contributed by atoms with Gasteiger partial charge in [-0.3, -0.25) is 0 Å². The predicted octanol–water partition coefficient (Wildman–Crippen LogP) is 15.7. The van der Waals surface area contributed by atoms with E-state index in [2.05, 4.69) is 36.4 Å². The van der Waals surface area contributed by atoms with Crippen molar-refractivity contribution in [2.75, 3.05) is 4.90 Å². The van der Waals surface area contributed by atoms with Crippen molar-refractivity contribution < 1.29 is 11.0 Å². The van der Waals surface area contributed by atoms with Crippen molar-refractivity contribution in [1.82, 2.24) is 0 Å². The van der Waals surface area contributed by atoms with E-state index in [1.165, 1.54) is 4.90 Å². The van der Waals surface area contributed by atoms with Crippen LogP contribution in [0.15, 0.2) is 249 Å². The minimum Gasteiger partial charge on any atom is -0.310 e. The van der Waals surface area contributed by atoms with Gasteiger partial charge < -0.3 is 4.90 Å². The van der Waals surface area contributed by atoms with Crippen LogP contribution in [0, 0.1) is 0 Å². The van der Waals surface area contributed by atoms with Crippen molar-refractivity contribution >= 4 is 27.8 Å². The molecule has 1 aliphatic carbocycles. The van der Waals surface area contributed by atoms with Gasteiger partial charge in [-0.1, -0.05) is 212 Å². The van der Waals surface area contributed by atoms with Crippen LogP contribution >= 0.6 is 0 Å². The van der Waals surface area contributed by atoms with E-state index >= 15 is 0 Å². The zero-order valence-corrected chi connectivity index (χ0v) is 32.5. The molecule has 0 fully saturated rings. The summed E-state index contributed by atoms with van der Waals surface area (Å²) >= 11 is 0. The third-order valence-electron chi connectivity index (χ3n) is 11.7. The Hall–Kier alpha value is -7.74. The Bertz CT molecular complexity index is 3520. The van der Waals surface area contributed by atoms with Crippen LogP contribution in [0.1, 0.15) is 33.2 Å². The molecule has 0 unspecified atom stereocenters. The third-order valence-corrected chi connectivity index (χ3v) is 11.7. The average molecular weight is 772 g/mol. The normalized spacial score (nSPS) is 14.3. The summed E-state index contributed by atoms with van der Waals surface area (Å²) in [4.78, 5) is 1.46. The van der Waals surface area contributed by atoms with Gasteiger partial charge in [0.25, 0.3) is 0 Å². The lowest BCUT2D eigenvalue weighted by Crippen LogP contribution is -2.28. The van der Waals surface area contributed by atoms with Crippen LogP contribution in [0.3, 0.4) is 0 Å². The van der Waals surface area contributed by atoms with Gasteiger partial charge in [-0.05, 0) is 114 Å². The van der Waals surface area contributed by atoms with Gasteiger partial charge in [0.2, 0.25) is 0 Å². The fourth-order valence-electron chi connectivity index (χ4n) is 8.99. The number of fused-ring (bicyclic) bond motifs is 4. The zero-order chi connectivity index (χ0) is 46.8. The standard InChI is InChI=1S/C59H41N/c1-4-16-42(17-5-1)43-30-32-44(33-31-43)45-34-36-50(37-35-45)60(51-25-14-20-47(40-51)54-28-15-19-46-18-10-11-26-53(46)54)52-38-39-56-55-27-12-13-29-57(55)59(58(56)41-52,48-21-6-2-7-22-48)49-23-8-3-9-24-49/h1-41H/i14D,20D,25D,34D,35D,36D,37D,40D. The van der Waals surface area contributed by atoms with Gasteiger partial charge in [0.1, 0.15) is 0 Å². The summed E-state index contributed by atoms with van der Waals surface area (Å²) in [6.07, 6.45) is 0. The minimum atomic E-state index is -0.867. The van der Waals surface area contributed by atoms with Gasteiger partial charge in [-0.25, -0.2) is 0 Å². The molecule has 1 aliphatic rings. The Morgan fingerprint density at radius 1 is 0.350 bits per heavy atom. The fourth-order valence-corrected chi connectivity index (χ4v) is 8.99. The SMILES string of the molecule is [2H]c1c([2H])c(-c2cccc3ccccc23)c([2H])c(N(c2ccc3c(c2)C(c2ccccc2)(c2ccccc2)c2ccccc2-3)c2c([2H])c([2H])c(-c3ccc(-c4ccccc4)cc3)c([2H])c2[2H])c1[2H]. The lowest BCUT2D eigenvalue weighted by Gasteiger charge is -2.35. The summed E-state index contributed by atoms with van der Waals surface area (Å²) < 4.78 is 77.4. The molecule has 282 valence electrons. The van der Waals surface area contributed by atoms with Crippen LogP contribution in [-0.2, 0) is 5.41 Å². The van der Waals surface area contributed by atoms with Gasteiger partial charge in [0, 0.05) is 17.1 Å². The number of nitrogens with zero attached hydrogens (tertiary/aromatic N) is 1. The lowest BCUT2D eigenvalue weighted by molar-refractivity contribution is 0.768. The van der Waals surface area contributed by atoms with Crippen molar-refractivity contribution in [3.63, 3.8) is 0 Å². The van der Waals surface area contributed by atoms with Gasteiger partial charge in [0.15, 0.2) is 0 Å². The van der Waals surface area contributed by atoms with E-state index < -0.39 is 17.5 Å². The van der Waals surface area contributed by atoms with Crippen LogP contribution in [0.2, 0.25) is 0 Å². The molecule has 0 atom stereocenters. The second-order valence-electron chi connectivity index (χ2n) is 15.0. The van der Waals surface area contributed by atoms with Gasteiger partial charge in [-0.15, -0.1) is 0 Å². The first-order chi connectivity index (χ1) is 33.1. The van der Waals surface area contributed by atoms with Crippen molar-refractivity contribution in [3.8, 4) is 44.5 Å². The molecule has 0 amide bonds. The molecule has 11 rings (SSSR count). The summed E-state index contributed by atoms with van der Waals surface area (Å²) in [5, 5.41) is 1.62. The molecule has 1 nitrogen and oxygen atoms in total. The molecule has 0 heterocycles. The van der Waals surface area contributed by atoms with Crippen LogP contribution in [0.5, 0.6) is 0 Å². The number of benzene rings is 10. The average Bonchev–Trinajstić information content (AvgIpc) is 3.68. The Kier molecular flexibility index (Phi) is 6.90. The van der Waals surface area contributed by atoms with E-state index in [1.54, 1.807) is 18.2 Å². The predicted molar refractivity (Wildman–Crippen MR) is 252 cm³/mol. The highest BCUT2D eigenvalue weighted by Crippen LogP contribution is 2.57. The molecule has 0 spiro atoms. The first-order valence-corrected chi connectivity index (χ1v) is 20.1. The molecule has 1 heteroatoms. The molecule has 0 bridgehead atoms. The van der Waals surface area contributed by atoms with E-state index in [9.17, 15) is 11.0 Å². The Morgan fingerprint density at radius 3 is 1.65 bits per heavy atom. The molecular formula is C59H41N. The maximum atomic E-state index is 10.1. The largest absolute Gasteiger partial charge is 0.310 e. The summed E-state index contributed by atoms with van der Waals surface area (Å²) in [6.45, 7) is 0. The molecule has 0 N–H and O–H groups in total. The first kappa shape index (κ1) is 27.8. The maximum Gasteiger partial charge on any atom is 0.0714 e. The number of hydrogen-bond acceptors (Lipinski definition) is 1. The van der Waals surface area contributed by atoms with Crippen molar-refractivity contribution in [2.45, 2.75) is 5.41 Å². The summed E-state index contributed by atoms with van der Waals surface area (Å²) in [7, 11) is 0. The summed E-state index contributed by atoms with van der Waals surface area (Å²) in [5.41, 5.74) is 8.24. The fraction of sp³-hybridized carbons (Fsp3) is 0.0169. The highest BCUT2D eigenvalue weighted by atomic mass is 15.1. The van der Waals surface area contributed by atoms with Gasteiger partial charge in [0.05, 0.1) is 16.4 Å². The smallest absolute Gasteiger partial charge is 0.0714 e. The molecule has 0 aliphatic heterocycles. The molecule has 10 aromatic rings. The molecular weight excluding hydrogens is 723 g/mol. The number of anilines is 3. The highest BCUT2D eigenvalue weighted by Gasteiger charge is 2.46. The topological polar surface area (TPSA) is 3.24 Å². The Balaban J connectivity index is 1.22. The number of rotatable bonds is 8. The zero-order valence-electron chi connectivity index (χ0n) is 40.5. The minimum absolute atomic E-state index is 0.108. The maximum absolute atomic E-state index is 10.1. The summed E-state index contributed by atoms with van der Waals surface area (Å²) in [6, 6.07) is 62.2. The molecule has 0 saturated heterocycles. The van der Waals surface area contributed by atoms with Crippen molar-refractivity contribution in [2.24, 2.45) is 0 Å². The van der Waals surface area contributed by atoms with E-state index in [1.807, 2.05) is 146 Å². The molecule has 10 aromatic carbocycles. The van der Waals surface area contributed by atoms with Crippen LogP contribution < -0.4 is 4.90 Å². The monoisotopic (exact) mass is 771 g/mol. The molecule has 0 aromatic heterocycles.